The van der Waals surface area contributed by atoms with Crippen molar-refractivity contribution in [3.63, 3.8) is 0 Å². The van der Waals surface area contributed by atoms with Gasteiger partial charge in [-0.3, -0.25) is 14.0 Å². The first kappa shape index (κ1) is 29.6. The van der Waals surface area contributed by atoms with Gasteiger partial charge in [0.25, 0.3) is 0 Å². The topological polar surface area (TPSA) is 106 Å². The Bertz CT molecular complexity index is 1550. The third-order valence-corrected chi connectivity index (χ3v) is 9.46. The van der Waals surface area contributed by atoms with Crippen LogP contribution in [0, 0.1) is 5.92 Å². The number of anilines is 1. The highest BCUT2D eigenvalue weighted by molar-refractivity contribution is 5.85. The van der Waals surface area contributed by atoms with Gasteiger partial charge < -0.3 is 20.7 Å². The molecule has 3 saturated heterocycles. The van der Waals surface area contributed by atoms with Crippen LogP contribution in [-0.4, -0.2) is 80.8 Å². The van der Waals surface area contributed by atoms with E-state index < -0.39 is 0 Å². The van der Waals surface area contributed by atoms with Crippen molar-refractivity contribution in [2.24, 2.45) is 5.92 Å². The first-order valence-electron chi connectivity index (χ1n) is 15.4. The summed E-state index contributed by atoms with van der Waals surface area (Å²) in [6.07, 6.45) is 7.20. The summed E-state index contributed by atoms with van der Waals surface area (Å²) in [5.41, 5.74) is 8.09. The number of nitrogens with one attached hydrogen (secondary N) is 1. The number of aromatic nitrogens is 4. The molecule has 0 unspecified atom stereocenters. The van der Waals surface area contributed by atoms with Gasteiger partial charge in [-0.15, -0.1) is 12.4 Å². The van der Waals surface area contributed by atoms with E-state index in [0.717, 1.165) is 63.3 Å². The number of piperidine rings is 2. The Balaban J connectivity index is 0.00000329. The van der Waals surface area contributed by atoms with E-state index in [0.29, 0.717) is 28.4 Å². The number of benzene rings is 2. The number of hydrogen-bond acceptors (Lipinski definition) is 8. The maximum absolute atomic E-state index is 14.0. The van der Waals surface area contributed by atoms with Crippen LogP contribution in [0.3, 0.4) is 0 Å². The molecule has 43 heavy (non-hydrogen) atoms. The van der Waals surface area contributed by atoms with Gasteiger partial charge in [-0.1, -0.05) is 18.2 Å². The number of rotatable bonds is 8. The van der Waals surface area contributed by atoms with Crippen molar-refractivity contribution < 1.29 is 4.74 Å². The highest BCUT2D eigenvalue weighted by Crippen LogP contribution is 2.30. The fraction of sp³-hybridized carbons (Fsp3) is 0.469. The van der Waals surface area contributed by atoms with Gasteiger partial charge in [-0.25, -0.2) is 14.8 Å². The molecular weight excluding hydrogens is 564 g/mol. The smallest absolute Gasteiger partial charge is 0.335 e. The number of hydrogen-bond donors (Lipinski definition) is 2. The molecule has 0 saturated carbocycles. The summed E-state index contributed by atoms with van der Waals surface area (Å²) in [5, 5.41) is 3.40. The van der Waals surface area contributed by atoms with Crippen LogP contribution in [0.25, 0.3) is 16.9 Å². The Morgan fingerprint density at radius 3 is 2.23 bits per heavy atom. The third-order valence-electron chi connectivity index (χ3n) is 9.46. The standard InChI is InChI=1S/C32H40N8O2.ClH/c33-30-29-31(36-22-35-30)40(32(41)39(29)24-6-8-28(9-7-24)42-27-4-2-1-3-5-27)25-13-16-37(17-14-25)15-10-23-11-18-38(19-12-23)26-20-34-21-26;/h1-9,22-23,25-26,34H,10-21H2,(H2,33,35,36);1H. The van der Waals surface area contributed by atoms with Crippen molar-refractivity contribution in [2.45, 2.75) is 44.2 Å². The Hall–Kier alpha value is -3.44. The monoisotopic (exact) mass is 604 g/mol. The number of imidazole rings is 1. The van der Waals surface area contributed by atoms with E-state index in [9.17, 15) is 4.79 Å². The quantitative estimate of drug-likeness (QED) is 0.310. The summed E-state index contributed by atoms with van der Waals surface area (Å²) in [6.45, 7) is 7.95. The van der Waals surface area contributed by atoms with E-state index in [-0.39, 0.29) is 24.1 Å². The summed E-state index contributed by atoms with van der Waals surface area (Å²) >= 11 is 0. The number of ether oxygens (including phenoxy) is 1. The van der Waals surface area contributed by atoms with E-state index in [1.165, 1.54) is 38.7 Å². The zero-order chi connectivity index (χ0) is 28.5. The molecule has 11 heteroatoms. The van der Waals surface area contributed by atoms with Gasteiger partial charge in [0, 0.05) is 38.3 Å². The highest BCUT2D eigenvalue weighted by Gasteiger charge is 2.30. The number of fused-ring (bicyclic) bond motifs is 1. The van der Waals surface area contributed by atoms with E-state index in [1.807, 2.05) is 59.2 Å². The van der Waals surface area contributed by atoms with Crippen molar-refractivity contribution in [1.82, 2.24) is 34.2 Å². The Kier molecular flexibility index (Phi) is 8.99. The molecule has 3 aliphatic heterocycles. The van der Waals surface area contributed by atoms with Gasteiger partial charge in [0.2, 0.25) is 0 Å². The lowest BCUT2D eigenvalue weighted by atomic mass is 9.91. The van der Waals surface area contributed by atoms with Gasteiger partial charge >= 0.3 is 5.69 Å². The van der Waals surface area contributed by atoms with Crippen LogP contribution >= 0.6 is 12.4 Å². The Labute approximate surface area is 258 Å². The van der Waals surface area contributed by atoms with E-state index in [4.69, 9.17) is 10.5 Å². The van der Waals surface area contributed by atoms with Crippen molar-refractivity contribution in [3.05, 3.63) is 71.4 Å². The van der Waals surface area contributed by atoms with Gasteiger partial charge in [-0.2, -0.15) is 0 Å². The van der Waals surface area contributed by atoms with Crippen LogP contribution in [0.15, 0.2) is 65.7 Å². The van der Waals surface area contributed by atoms with Crippen LogP contribution in [0.1, 0.15) is 38.1 Å². The fourth-order valence-electron chi connectivity index (χ4n) is 6.83. The minimum absolute atomic E-state index is 0. The second-order valence-electron chi connectivity index (χ2n) is 12.0. The number of nitrogens with zero attached hydrogens (tertiary/aromatic N) is 6. The third kappa shape index (κ3) is 6.15. The molecule has 0 atom stereocenters. The molecule has 7 rings (SSSR count). The zero-order valence-corrected chi connectivity index (χ0v) is 25.3. The molecule has 10 nitrogen and oxygen atoms in total. The number of halogens is 1. The number of nitrogen functional groups attached to an aromatic ring is 1. The second kappa shape index (κ2) is 13.1. The van der Waals surface area contributed by atoms with Crippen LogP contribution in [0.5, 0.6) is 11.5 Å². The first-order valence-corrected chi connectivity index (χ1v) is 15.4. The SMILES string of the molecule is Cl.Nc1ncnc2c1n(-c1ccc(Oc3ccccc3)cc1)c(=O)n2C1CCN(CCC2CCN(C3CNC3)CC2)CC1. The minimum Gasteiger partial charge on any atom is -0.457 e. The fourth-order valence-corrected chi connectivity index (χ4v) is 6.83. The summed E-state index contributed by atoms with van der Waals surface area (Å²) in [4.78, 5) is 28.0. The van der Waals surface area contributed by atoms with Crippen molar-refractivity contribution in [1.29, 1.82) is 0 Å². The predicted molar refractivity (Wildman–Crippen MR) is 172 cm³/mol. The van der Waals surface area contributed by atoms with Crippen molar-refractivity contribution in [3.8, 4) is 17.2 Å². The van der Waals surface area contributed by atoms with E-state index in [1.54, 1.807) is 4.57 Å². The van der Waals surface area contributed by atoms with Crippen molar-refractivity contribution >= 4 is 29.4 Å². The average Bonchev–Trinajstić information content (AvgIpc) is 3.30. The van der Waals surface area contributed by atoms with Gasteiger partial charge in [0.05, 0.1) is 5.69 Å². The normalized spacial score (nSPS) is 19.3. The van der Waals surface area contributed by atoms with Crippen LogP contribution in [0.4, 0.5) is 5.82 Å². The molecule has 3 fully saturated rings. The molecule has 5 heterocycles. The molecule has 4 aromatic rings. The molecule has 0 bridgehead atoms. The minimum atomic E-state index is -0.124. The van der Waals surface area contributed by atoms with Crippen LogP contribution in [-0.2, 0) is 0 Å². The summed E-state index contributed by atoms with van der Waals surface area (Å²) in [7, 11) is 0. The summed E-state index contributed by atoms with van der Waals surface area (Å²) in [5.74, 6) is 2.59. The molecule has 0 spiro atoms. The second-order valence-corrected chi connectivity index (χ2v) is 12.0. The van der Waals surface area contributed by atoms with E-state index >= 15 is 0 Å². The molecule has 228 valence electrons. The van der Waals surface area contributed by atoms with Crippen LogP contribution < -0.4 is 21.5 Å². The molecule has 3 aliphatic rings. The first-order chi connectivity index (χ1) is 20.6. The summed E-state index contributed by atoms with van der Waals surface area (Å²) in [6, 6.07) is 18.0. The molecule has 3 N–H and O–H groups in total. The maximum Gasteiger partial charge on any atom is 0.335 e. The van der Waals surface area contributed by atoms with E-state index in [2.05, 4.69) is 25.1 Å². The molecule has 0 aliphatic carbocycles. The van der Waals surface area contributed by atoms with Crippen LogP contribution in [0.2, 0.25) is 0 Å². The van der Waals surface area contributed by atoms with Crippen molar-refractivity contribution in [2.75, 3.05) is 51.5 Å². The largest absolute Gasteiger partial charge is 0.457 e. The molecule has 2 aromatic heterocycles. The van der Waals surface area contributed by atoms with Gasteiger partial charge in [0.15, 0.2) is 11.5 Å². The highest BCUT2D eigenvalue weighted by atomic mass is 35.5. The summed E-state index contributed by atoms with van der Waals surface area (Å²) < 4.78 is 9.45. The van der Waals surface area contributed by atoms with Gasteiger partial charge in [0.1, 0.15) is 23.3 Å². The lowest BCUT2D eigenvalue weighted by molar-refractivity contribution is 0.0898. The number of nitrogens with two attached hydrogens (primary N) is 1. The zero-order valence-electron chi connectivity index (χ0n) is 24.5. The molecular formula is C32H41ClN8O2. The Morgan fingerprint density at radius 2 is 1.56 bits per heavy atom. The average molecular weight is 605 g/mol. The molecule has 0 radical (unpaired) electrons. The Morgan fingerprint density at radius 1 is 0.860 bits per heavy atom. The number of para-hydroxylation sites is 1. The maximum atomic E-state index is 14.0. The number of likely N-dealkylation sites (tertiary alicyclic amines) is 2. The predicted octanol–water partition coefficient (Wildman–Crippen LogP) is 4.09. The lowest BCUT2D eigenvalue weighted by Gasteiger charge is -2.42. The molecule has 0 amide bonds. The van der Waals surface area contributed by atoms with Gasteiger partial charge in [-0.05, 0) is 94.1 Å². The molecule has 2 aromatic carbocycles. The lowest BCUT2D eigenvalue weighted by Crippen LogP contribution is -2.58.